The third-order valence-electron chi connectivity index (χ3n) is 5.72. The molecule has 170 valence electrons. The second-order valence-electron chi connectivity index (χ2n) is 8.24. The van der Waals surface area contributed by atoms with Gasteiger partial charge in [0.15, 0.2) is 0 Å². The molecule has 2 rings (SSSR count). The molecule has 0 saturated carbocycles. The molecule has 0 saturated heterocycles. The molecule has 9 heteroatoms. The molecule has 1 heterocycles. The summed E-state index contributed by atoms with van der Waals surface area (Å²) in [5, 5.41) is 10.4. The van der Waals surface area contributed by atoms with Crippen molar-refractivity contribution in [3.8, 4) is 0 Å². The topological polar surface area (TPSA) is 67.9 Å². The van der Waals surface area contributed by atoms with Gasteiger partial charge in [0, 0.05) is 0 Å². The van der Waals surface area contributed by atoms with E-state index in [1.54, 1.807) is 18.2 Å². The zero-order chi connectivity index (χ0) is 22.3. The fourth-order valence-corrected chi connectivity index (χ4v) is 10.5. The molecule has 0 radical (unpaired) electrons. The van der Waals surface area contributed by atoms with Gasteiger partial charge in [0.05, 0.1) is 0 Å². The van der Waals surface area contributed by atoms with Crippen molar-refractivity contribution in [2.24, 2.45) is 0 Å². The van der Waals surface area contributed by atoms with E-state index in [-0.39, 0.29) is 5.56 Å². The van der Waals surface area contributed by atoms with Crippen LogP contribution in [0.2, 0.25) is 0 Å². The molecule has 0 aliphatic heterocycles. The minimum atomic E-state index is -4.40. The summed E-state index contributed by atoms with van der Waals surface area (Å²) < 4.78 is 48.0. The summed E-state index contributed by atoms with van der Waals surface area (Å²) in [4.78, 5) is 13.3. The van der Waals surface area contributed by atoms with Gasteiger partial charge in [-0.05, 0) is 0 Å². The Morgan fingerprint density at radius 1 is 1.00 bits per heavy atom. The fourth-order valence-electron chi connectivity index (χ4n) is 4.19. The summed E-state index contributed by atoms with van der Waals surface area (Å²) in [6.45, 7) is 1.97. The van der Waals surface area contributed by atoms with E-state index < -0.39 is 25.1 Å². The van der Waals surface area contributed by atoms with Crippen LogP contribution in [0.3, 0.4) is 0 Å². The van der Waals surface area contributed by atoms with Crippen molar-refractivity contribution in [3.63, 3.8) is 0 Å². The molecule has 0 unspecified atom stereocenters. The second kappa shape index (κ2) is 10.1. The number of hydrogen-bond acceptors (Lipinski definition) is 4. The second-order valence-corrected chi connectivity index (χ2v) is 13.8. The van der Waals surface area contributed by atoms with Crippen molar-refractivity contribution < 1.29 is 22.5 Å². The summed E-state index contributed by atoms with van der Waals surface area (Å²) in [6, 6.07) is 4.88. The first-order valence-electron chi connectivity index (χ1n) is 10.8. The number of nitrogens with one attached hydrogen (secondary N) is 1. The van der Waals surface area contributed by atoms with Crippen LogP contribution in [0.5, 0.6) is 0 Å². The number of halogens is 3. The minimum absolute atomic E-state index is 0.168. The number of carbonyl (C=O) groups excluding carboxylic acids is 1. The van der Waals surface area contributed by atoms with Crippen LogP contribution in [0.4, 0.5) is 13.2 Å². The quantitative estimate of drug-likeness (QED) is 0.375. The average molecular weight is 447 g/mol. The maximum atomic E-state index is 13.9. The fraction of sp³-hybridized carbons (Fsp3) is 0.667. The van der Waals surface area contributed by atoms with E-state index in [1.807, 2.05) is 20.8 Å². The molecular weight excluding hydrogens is 414 g/mol. The van der Waals surface area contributed by atoms with E-state index in [0.29, 0.717) is 48.8 Å². The Kier molecular flexibility index (Phi) is 8.26. The van der Waals surface area contributed by atoms with Crippen molar-refractivity contribution in [2.75, 3.05) is 24.6 Å². The van der Waals surface area contributed by atoms with Crippen LogP contribution in [-0.2, 0) is 4.52 Å². The van der Waals surface area contributed by atoms with Crippen LogP contribution < -0.4 is 0 Å². The third kappa shape index (κ3) is 5.93. The summed E-state index contributed by atoms with van der Waals surface area (Å²) >= 11 is 0. The SMILES string of the molecule is CCCCP(CCCC)(CCCC)(CC(F)(F)F)OC(=O)c1cccc2n[nH]nc12. The van der Waals surface area contributed by atoms with Crippen molar-refractivity contribution in [1.82, 2.24) is 15.4 Å². The summed E-state index contributed by atoms with van der Waals surface area (Å²) in [5.41, 5.74) is 0.978. The van der Waals surface area contributed by atoms with Crippen LogP contribution in [0.1, 0.15) is 69.7 Å². The monoisotopic (exact) mass is 447 g/mol. The number of aromatic nitrogens is 3. The Labute approximate surface area is 176 Å². The number of H-pyrrole nitrogens is 1. The van der Waals surface area contributed by atoms with Gasteiger partial charge in [-0.15, -0.1) is 0 Å². The van der Waals surface area contributed by atoms with E-state index in [1.165, 1.54) is 0 Å². The van der Waals surface area contributed by atoms with E-state index in [0.717, 1.165) is 19.3 Å². The number of rotatable bonds is 12. The van der Waals surface area contributed by atoms with Crippen molar-refractivity contribution in [2.45, 2.75) is 65.5 Å². The zero-order valence-corrected chi connectivity index (χ0v) is 19.0. The molecule has 1 N–H and O–H groups in total. The maximum absolute atomic E-state index is 13.9. The van der Waals surface area contributed by atoms with Crippen molar-refractivity contribution in [1.29, 1.82) is 0 Å². The molecule has 30 heavy (non-hydrogen) atoms. The van der Waals surface area contributed by atoms with Crippen LogP contribution in [-0.4, -0.2) is 52.2 Å². The first-order valence-corrected chi connectivity index (χ1v) is 13.7. The van der Waals surface area contributed by atoms with Gasteiger partial charge < -0.3 is 0 Å². The summed E-state index contributed by atoms with van der Waals surface area (Å²) in [6.07, 6.45) is -0.327. The number of para-hydroxylation sites is 1. The molecule has 0 fully saturated rings. The molecule has 2 aromatic rings. The number of unbranched alkanes of at least 4 members (excludes halogenated alkanes) is 3. The number of hydrogen-bond donors (Lipinski definition) is 1. The van der Waals surface area contributed by atoms with Gasteiger partial charge in [0.1, 0.15) is 0 Å². The number of aromatic amines is 1. The third-order valence-corrected chi connectivity index (χ3v) is 11.9. The van der Waals surface area contributed by atoms with Crippen LogP contribution >= 0.6 is 6.83 Å². The first kappa shape index (κ1) is 24.6. The molecule has 0 aliphatic rings. The van der Waals surface area contributed by atoms with Crippen LogP contribution in [0.25, 0.3) is 11.0 Å². The Hall–Kier alpha value is -1.69. The zero-order valence-electron chi connectivity index (χ0n) is 18.1. The Bertz CT molecular complexity index is 814. The van der Waals surface area contributed by atoms with Gasteiger partial charge in [-0.25, -0.2) is 0 Å². The molecule has 1 aromatic heterocycles. The number of fused-ring (bicyclic) bond motifs is 1. The Morgan fingerprint density at radius 2 is 1.57 bits per heavy atom. The van der Waals surface area contributed by atoms with Gasteiger partial charge in [-0.1, -0.05) is 0 Å². The van der Waals surface area contributed by atoms with E-state index in [2.05, 4.69) is 15.4 Å². The van der Waals surface area contributed by atoms with Crippen LogP contribution in [0.15, 0.2) is 18.2 Å². The Morgan fingerprint density at radius 3 is 2.07 bits per heavy atom. The molecule has 0 spiro atoms. The molecule has 0 bridgehead atoms. The van der Waals surface area contributed by atoms with Crippen molar-refractivity contribution >= 4 is 23.8 Å². The predicted octanol–water partition coefficient (Wildman–Crippen LogP) is 6.55. The number of carbonyl (C=O) groups is 1. The molecular formula is C21H33F3N3O2P. The molecule has 1 aromatic carbocycles. The Balaban J connectivity index is 2.57. The van der Waals surface area contributed by atoms with E-state index >= 15 is 0 Å². The normalized spacial score (nSPS) is 13.9. The average Bonchev–Trinajstić information content (AvgIpc) is 3.17. The molecule has 5 nitrogen and oxygen atoms in total. The van der Waals surface area contributed by atoms with E-state index in [9.17, 15) is 18.0 Å². The number of nitrogens with zero attached hydrogens (tertiary/aromatic N) is 2. The predicted molar refractivity (Wildman–Crippen MR) is 116 cm³/mol. The molecule has 0 atom stereocenters. The first-order chi connectivity index (χ1) is 14.2. The molecule has 0 aliphatic carbocycles. The van der Waals surface area contributed by atoms with Crippen LogP contribution in [0, 0.1) is 0 Å². The number of benzene rings is 1. The van der Waals surface area contributed by atoms with Gasteiger partial charge >= 0.3 is 176 Å². The summed E-state index contributed by atoms with van der Waals surface area (Å²) in [7, 11) is 0. The molecule has 0 amide bonds. The van der Waals surface area contributed by atoms with Gasteiger partial charge in [-0.2, -0.15) is 0 Å². The van der Waals surface area contributed by atoms with E-state index in [4.69, 9.17) is 4.52 Å². The van der Waals surface area contributed by atoms with Gasteiger partial charge in [0.2, 0.25) is 0 Å². The standard InChI is InChI=1S/C21H33F3N3O2P/c1-4-7-13-30(14-8-5-2,15-9-6-3,16-21(22,23)24)29-20(28)17-11-10-12-18-19(17)26-27-25-18/h10-12H,4-9,13-16H2,1-3H3,(H,25,26,27). The van der Waals surface area contributed by atoms with Gasteiger partial charge in [-0.3, -0.25) is 0 Å². The summed E-state index contributed by atoms with van der Waals surface area (Å²) in [5.74, 6) is -0.709. The van der Waals surface area contributed by atoms with Gasteiger partial charge in [0.25, 0.3) is 0 Å². The van der Waals surface area contributed by atoms with Crippen molar-refractivity contribution in [3.05, 3.63) is 23.8 Å². The number of alkyl halides is 3.